The van der Waals surface area contributed by atoms with E-state index in [2.05, 4.69) is 191 Å². The van der Waals surface area contributed by atoms with Gasteiger partial charge in [-0.2, -0.15) is 0 Å². The Hall–Kier alpha value is -4.06. The van der Waals surface area contributed by atoms with E-state index in [-0.39, 0.29) is 16.2 Å². The van der Waals surface area contributed by atoms with Crippen molar-refractivity contribution in [3.05, 3.63) is 179 Å². The fraction of sp³-hybridized carbons (Fsp3) is 0.455. The van der Waals surface area contributed by atoms with Gasteiger partial charge in [0.05, 0.1) is 0 Å². The van der Waals surface area contributed by atoms with Crippen molar-refractivity contribution in [3.63, 3.8) is 0 Å². The van der Waals surface area contributed by atoms with Crippen molar-refractivity contribution in [1.29, 1.82) is 0 Å². The maximum absolute atomic E-state index is 7.00. The highest BCUT2D eigenvalue weighted by Crippen LogP contribution is 2.51. The van der Waals surface area contributed by atoms with Gasteiger partial charge in [-0.05, 0) is 89.0 Å². The predicted octanol–water partition coefficient (Wildman–Crippen LogP) is 14.6. The summed E-state index contributed by atoms with van der Waals surface area (Å²) in [6.07, 6.45) is 3.17. The summed E-state index contributed by atoms with van der Waals surface area (Å²) in [4.78, 5) is 0. The van der Waals surface area contributed by atoms with Crippen LogP contribution in [-0.2, 0) is 30.5 Å². The van der Waals surface area contributed by atoms with Gasteiger partial charge < -0.3 is 19.3 Å². The van der Waals surface area contributed by atoms with Crippen molar-refractivity contribution in [3.8, 4) is 0 Å². The third-order valence-corrected chi connectivity index (χ3v) is 10.9. The molecule has 0 aliphatic heterocycles. The normalized spacial score (nSPS) is 13.7. The number of benzene rings is 5. The highest BCUT2D eigenvalue weighted by atomic mass is 16.7. The Morgan fingerprint density at radius 2 is 0.746 bits per heavy atom. The zero-order valence-electron chi connectivity index (χ0n) is 39.9. The maximum Gasteiger partial charge on any atom is 0.161 e. The van der Waals surface area contributed by atoms with Gasteiger partial charge in [0.15, 0.2) is 5.79 Å². The van der Waals surface area contributed by atoms with Crippen LogP contribution in [0.4, 0.5) is 0 Å². The van der Waals surface area contributed by atoms with Crippen molar-refractivity contribution in [2.24, 2.45) is 0 Å². The smallest absolute Gasteiger partial charge is 0.161 e. The summed E-state index contributed by atoms with van der Waals surface area (Å²) in [5, 5.41) is 7.00. The van der Waals surface area contributed by atoms with Gasteiger partial charge in [-0.25, -0.2) is 0 Å². The molecule has 4 unspecified atom stereocenters. The van der Waals surface area contributed by atoms with E-state index in [0.29, 0.717) is 11.8 Å². The Morgan fingerprint density at radius 3 is 1.08 bits per heavy atom. The Balaban J connectivity index is 0.00000182. The minimum Gasteiger partial charge on any atom is -0.400 e. The average Bonchev–Trinajstić information content (AvgIpc) is 3.29. The number of ether oxygens (including phenoxy) is 3. The summed E-state index contributed by atoms with van der Waals surface area (Å²) in [7, 11) is 7.48. The fourth-order valence-electron chi connectivity index (χ4n) is 7.91. The van der Waals surface area contributed by atoms with Crippen LogP contribution in [0, 0.1) is 0 Å². The van der Waals surface area contributed by atoms with E-state index < -0.39 is 5.79 Å². The molecule has 0 aromatic heterocycles. The van der Waals surface area contributed by atoms with E-state index in [0.717, 1.165) is 26.4 Å². The molecule has 0 spiro atoms. The largest absolute Gasteiger partial charge is 0.400 e. The molecule has 0 heterocycles. The van der Waals surface area contributed by atoms with Crippen LogP contribution in [0.3, 0.4) is 0 Å². The quantitative estimate of drug-likeness (QED) is 0.114. The summed E-state index contributed by atoms with van der Waals surface area (Å²) < 4.78 is 14.0. The molecule has 0 aliphatic carbocycles. The lowest BCUT2D eigenvalue weighted by atomic mass is 9.58. The summed E-state index contributed by atoms with van der Waals surface area (Å²) in [6, 6.07) is 56.0. The molecule has 0 radical (unpaired) electrons. The molecule has 4 heteroatoms. The highest BCUT2D eigenvalue weighted by molar-refractivity contribution is 5.36. The number of aliphatic hydroxyl groups excluding tert-OH is 1. The Bertz CT molecular complexity index is 1690. The third kappa shape index (κ3) is 18.4. The summed E-state index contributed by atoms with van der Waals surface area (Å²) in [5.74, 6) is 0.339. The van der Waals surface area contributed by atoms with Gasteiger partial charge in [0.25, 0.3) is 0 Å². The minimum atomic E-state index is -0.417. The van der Waals surface area contributed by atoms with Gasteiger partial charge >= 0.3 is 0 Å². The first-order valence-electron chi connectivity index (χ1n) is 21.5. The van der Waals surface area contributed by atoms with Crippen molar-refractivity contribution in [2.75, 3.05) is 35.5 Å². The van der Waals surface area contributed by atoms with E-state index in [4.69, 9.17) is 14.6 Å². The number of hydrogen-bond acceptors (Lipinski definition) is 4. The minimum absolute atomic E-state index is 0.0135. The zero-order valence-corrected chi connectivity index (χ0v) is 39.9. The van der Waals surface area contributed by atoms with Crippen molar-refractivity contribution in [2.45, 2.75) is 129 Å². The van der Waals surface area contributed by atoms with Gasteiger partial charge in [0.1, 0.15) is 0 Å². The molecule has 4 atom stereocenters. The summed E-state index contributed by atoms with van der Waals surface area (Å²) >= 11 is 0. The van der Waals surface area contributed by atoms with E-state index in [9.17, 15) is 0 Å². The van der Waals surface area contributed by atoms with Gasteiger partial charge in [0.2, 0.25) is 0 Å². The van der Waals surface area contributed by atoms with Gasteiger partial charge in [0, 0.05) is 35.5 Å². The fourth-order valence-corrected chi connectivity index (χ4v) is 7.91. The lowest BCUT2D eigenvalue weighted by Crippen LogP contribution is -2.40. The van der Waals surface area contributed by atoms with Crippen LogP contribution < -0.4 is 0 Å². The average molecular weight is 807 g/mol. The Labute approximate surface area is 362 Å². The molecule has 5 aromatic rings. The van der Waals surface area contributed by atoms with Crippen molar-refractivity contribution < 1.29 is 19.3 Å². The molecular weight excluding hydrogens is 725 g/mol. The highest BCUT2D eigenvalue weighted by Gasteiger charge is 2.43. The standard InChI is InChI=1S/C43H48.C5H12O2.C2H6O.2C2H6.CH4O/c1-34(35-21-11-6-12-22-35)40(36-23-13-7-14-24-36)31-42(4,38-27-17-9-18-28-38)33-43(5,39-29-19-10-20-30-39)32-41(2,3)37-25-15-8-16-26-37;1-5(2,6-3)7-4;1-3-2;3*1-2/h6-30,34,40H,31-33H2,1-5H3;1-4H3;1-2H3;2*1-2H3;2H,1H3. The first-order valence-corrected chi connectivity index (χ1v) is 21.5. The number of hydrogen-bond donors (Lipinski definition) is 1. The topological polar surface area (TPSA) is 47.9 Å². The predicted molar refractivity (Wildman–Crippen MR) is 257 cm³/mol. The summed E-state index contributed by atoms with van der Waals surface area (Å²) in [5.41, 5.74) is 6.97. The second-order valence-electron chi connectivity index (χ2n) is 16.1. The van der Waals surface area contributed by atoms with Crippen molar-refractivity contribution in [1.82, 2.24) is 0 Å². The van der Waals surface area contributed by atoms with E-state index in [1.165, 1.54) is 27.8 Å². The maximum atomic E-state index is 7.00. The number of aliphatic hydroxyl groups is 1. The van der Waals surface area contributed by atoms with Crippen LogP contribution in [-0.4, -0.2) is 46.4 Å². The van der Waals surface area contributed by atoms with Gasteiger partial charge in [-0.15, -0.1) is 0 Å². The van der Waals surface area contributed by atoms with Crippen LogP contribution in [0.1, 0.15) is 135 Å². The second-order valence-corrected chi connectivity index (χ2v) is 16.1. The van der Waals surface area contributed by atoms with Crippen molar-refractivity contribution >= 4 is 0 Å². The Kier molecular flexibility index (Phi) is 27.2. The van der Waals surface area contributed by atoms with E-state index >= 15 is 0 Å². The molecule has 0 fully saturated rings. The van der Waals surface area contributed by atoms with Crippen LogP contribution >= 0.6 is 0 Å². The first-order chi connectivity index (χ1) is 28.2. The lowest BCUT2D eigenvalue weighted by Gasteiger charge is -2.46. The van der Waals surface area contributed by atoms with Gasteiger partial charge in [-0.3, -0.25) is 0 Å². The molecule has 0 saturated heterocycles. The van der Waals surface area contributed by atoms with E-state index in [1.807, 2.05) is 41.5 Å². The molecule has 59 heavy (non-hydrogen) atoms. The first kappa shape index (κ1) is 54.9. The molecule has 0 aliphatic rings. The monoisotopic (exact) mass is 807 g/mol. The summed E-state index contributed by atoms with van der Waals surface area (Å²) in [6.45, 7) is 24.0. The van der Waals surface area contributed by atoms with Crippen LogP contribution in [0.25, 0.3) is 0 Å². The number of methoxy groups -OCH3 is 3. The third-order valence-electron chi connectivity index (χ3n) is 10.9. The van der Waals surface area contributed by atoms with E-state index in [1.54, 1.807) is 28.4 Å². The van der Waals surface area contributed by atoms with Crippen LogP contribution in [0.5, 0.6) is 0 Å². The number of rotatable bonds is 14. The molecule has 4 nitrogen and oxygen atoms in total. The zero-order chi connectivity index (χ0) is 45.0. The Morgan fingerprint density at radius 1 is 0.441 bits per heavy atom. The molecule has 5 aromatic carbocycles. The molecule has 1 N–H and O–H groups in total. The lowest BCUT2D eigenvalue weighted by molar-refractivity contribution is -0.178. The van der Waals surface area contributed by atoms with Crippen LogP contribution in [0.2, 0.25) is 0 Å². The molecule has 0 saturated carbocycles. The van der Waals surface area contributed by atoms with Crippen LogP contribution in [0.15, 0.2) is 152 Å². The SMILES string of the molecule is CC.CC.CC(c1ccccc1)C(CC(C)(CC(C)(CC(C)(C)c1ccccc1)c1ccccc1)c1ccccc1)c1ccccc1.CO.COC.COC(C)(C)OC. The second kappa shape index (κ2) is 29.2. The molecular formula is C55H82O4. The molecule has 0 amide bonds. The van der Waals surface area contributed by atoms with Gasteiger partial charge in [-0.1, -0.05) is 214 Å². The molecule has 5 rings (SSSR count). The molecule has 0 bridgehead atoms. The molecule has 326 valence electrons.